The van der Waals surface area contributed by atoms with Crippen molar-refractivity contribution in [1.82, 2.24) is 10.1 Å². The molecule has 1 aliphatic rings. The van der Waals surface area contributed by atoms with E-state index in [1.807, 2.05) is 6.07 Å². The average Bonchev–Trinajstić information content (AvgIpc) is 3.01. The number of nitrogens with zero attached hydrogens (tertiary/aromatic N) is 2. The van der Waals surface area contributed by atoms with Gasteiger partial charge in [0.15, 0.2) is 5.82 Å². The summed E-state index contributed by atoms with van der Waals surface area (Å²) < 4.78 is 4.91. The molecule has 2 aromatic heterocycles. The van der Waals surface area contributed by atoms with E-state index in [0.717, 1.165) is 18.7 Å². The van der Waals surface area contributed by atoms with Crippen LogP contribution in [-0.4, -0.2) is 22.6 Å². The van der Waals surface area contributed by atoms with E-state index in [9.17, 15) is 4.79 Å². The lowest BCUT2D eigenvalue weighted by molar-refractivity contribution is 0.102. The third-order valence-corrected chi connectivity index (χ3v) is 4.03. The Morgan fingerprint density at radius 2 is 2.25 bits per heavy atom. The maximum Gasteiger partial charge on any atom is 0.275 e. The Kier molecular flexibility index (Phi) is 5.25. The van der Waals surface area contributed by atoms with Crippen molar-refractivity contribution in [1.29, 1.82) is 0 Å². The van der Waals surface area contributed by atoms with Crippen molar-refractivity contribution in [3.8, 4) is 0 Å². The first-order chi connectivity index (χ1) is 11.7. The van der Waals surface area contributed by atoms with E-state index < -0.39 is 0 Å². The molecule has 3 rings (SSSR count). The van der Waals surface area contributed by atoms with Crippen LogP contribution in [0.15, 0.2) is 40.6 Å². The lowest BCUT2D eigenvalue weighted by atomic mass is 9.97. The van der Waals surface area contributed by atoms with Crippen molar-refractivity contribution in [2.45, 2.75) is 39.0 Å². The molecule has 0 radical (unpaired) electrons. The van der Waals surface area contributed by atoms with E-state index in [1.165, 1.54) is 25.7 Å². The van der Waals surface area contributed by atoms with E-state index in [2.05, 4.69) is 26.9 Å². The number of allylic oxidation sites excluding steroid dienone is 1. The number of aryl methyl sites for hydroxylation is 1. The maximum absolute atomic E-state index is 12.1. The van der Waals surface area contributed by atoms with Gasteiger partial charge in [0.2, 0.25) is 0 Å². The molecule has 0 aromatic carbocycles. The Morgan fingerprint density at radius 3 is 2.92 bits per heavy atom. The molecule has 6 heteroatoms. The first kappa shape index (κ1) is 16.2. The predicted octanol–water partition coefficient (Wildman–Crippen LogP) is 3.93. The first-order valence-electron chi connectivity index (χ1n) is 8.33. The summed E-state index contributed by atoms with van der Waals surface area (Å²) >= 11 is 0. The molecule has 0 unspecified atom stereocenters. The van der Waals surface area contributed by atoms with Crippen molar-refractivity contribution >= 4 is 17.4 Å². The number of pyridine rings is 1. The van der Waals surface area contributed by atoms with E-state index in [4.69, 9.17) is 4.52 Å². The van der Waals surface area contributed by atoms with Crippen LogP contribution in [0.25, 0.3) is 0 Å². The Labute approximate surface area is 141 Å². The van der Waals surface area contributed by atoms with E-state index >= 15 is 0 Å². The number of hydrogen-bond acceptors (Lipinski definition) is 5. The zero-order chi connectivity index (χ0) is 16.8. The Morgan fingerprint density at radius 1 is 1.33 bits per heavy atom. The van der Waals surface area contributed by atoms with Gasteiger partial charge in [-0.1, -0.05) is 16.8 Å². The summed E-state index contributed by atoms with van der Waals surface area (Å²) in [5.74, 6) is 0.732. The zero-order valence-corrected chi connectivity index (χ0v) is 13.8. The second-order valence-corrected chi connectivity index (χ2v) is 5.99. The molecule has 2 heterocycles. The second-order valence-electron chi connectivity index (χ2n) is 5.99. The lowest BCUT2D eigenvalue weighted by Gasteiger charge is -2.13. The predicted molar refractivity (Wildman–Crippen MR) is 93.1 cm³/mol. The van der Waals surface area contributed by atoms with Crippen molar-refractivity contribution in [3.05, 3.63) is 47.5 Å². The monoisotopic (exact) mass is 326 g/mol. The summed E-state index contributed by atoms with van der Waals surface area (Å²) in [5.41, 5.74) is 2.80. The highest BCUT2D eigenvalue weighted by Gasteiger charge is 2.10. The summed E-state index contributed by atoms with van der Waals surface area (Å²) in [7, 11) is 0. The lowest BCUT2D eigenvalue weighted by Crippen LogP contribution is -2.14. The van der Waals surface area contributed by atoms with Gasteiger partial charge < -0.3 is 15.2 Å². The van der Waals surface area contributed by atoms with Crippen molar-refractivity contribution in [3.63, 3.8) is 0 Å². The van der Waals surface area contributed by atoms with Crippen molar-refractivity contribution < 1.29 is 9.32 Å². The Bertz CT molecular complexity index is 719. The van der Waals surface area contributed by atoms with Crippen LogP contribution in [-0.2, 0) is 0 Å². The van der Waals surface area contributed by atoms with Gasteiger partial charge in [-0.15, -0.1) is 0 Å². The summed E-state index contributed by atoms with van der Waals surface area (Å²) in [5, 5.41) is 9.73. The number of carbonyl (C=O) groups excluding carboxylic acids is 1. The molecule has 0 bridgehead atoms. The minimum absolute atomic E-state index is 0.304. The quantitative estimate of drug-likeness (QED) is 0.786. The minimum atomic E-state index is -0.304. The van der Waals surface area contributed by atoms with Crippen LogP contribution in [0.2, 0.25) is 0 Å². The van der Waals surface area contributed by atoms with Crippen LogP contribution in [0, 0.1) is 6.92 Å². The van der Waals surface area contributed by atoms with Crippen LogP contribution in [0.3, 0.4) is 0 Å². The topological polar surface area (TPSA) is 80.0 Å². The largest absolute Gasteiger partial charge is 0.383 e. The van der Waals surface area contributed by atoms with E-state index in [1.54, 1.807) is 30.8 Å². The molecule has 24 heavy (non-hydrogen) atoms. The van der Waals surface area contributed by atoms with Gasteiger partial charge >= 0.3 is 0 Å². The molecule has 126 valence electrons. The molecule has 0 spiro atoms. The molecule has 6 nitrogen and oxygen atoms in total. The molecule has 1 amide bonds. The van der Waals surface area contributed by atoms with Gasteiger partial charge in [-0.3, -0.25) is 4.79 Å². The highest BCUT2D eigenvalue weighted by atomic mass is 16.5. The fraction of sp³-hybridized carbons (Fsp3) is 0.389. The standard InChI is InChI=1S/C18H22N4O2/c1-13-11-17(22-24-13)21-18(23)16-8-7-15(12-20-16)19-10-9-14-5-3-2-4-6-14/h5,7-8,11-12,19H,2-4,6,9-10H2,1H3,(H,21,22,23). The highest BCUT2D eigenvalue weighted by molar-refractivity contribution is 6.02. The van der Waals surface area contributed by atoms with Crippen molar-refractivity contribution in [2.24, 2.45) is 0 Å². The Hall–Kier alpha value is -2.63. The van der Waals surface area contributed by atoms with Gasteiger partial charge in [0.25, 0.3) is 5.91 Å². The zero-order valence-electron chi connectivity index (χ0n) is 13.8. The molecule has 0 fully saturated rings. The molecule has 1 aliphatic carbocycles. The van der Waals surface area contributed by atoms with Gasteiger partial charge in [-0.05, 0) is 51.2 Å². The van der Waals surface area contributed by atoms with Gasteiger partial charge in [0.1, 0.15) is 11.5 Å². The van der Waals surface area contributed by atoms with Crippen LogP contribution in [0.4, 0.5) is 11.5 Å². The summed E-state index contributed by atoms with van der Waals surface area (Å²) in [6.07, 6.45) is 10.2. The molecular formula is C18H22N4O2. The molecule has 0 aliphatic heterocycles. The molecule has 0 saturated heterocycles. The van der Waals surface area contributed by atoms with Gasteiger partial charge in [-0.2, -0.15) is 0 Å². The summed E-state index contributed by atoms with van der Waals surface area (Å²) in [6.45, 7) is 2.65. The highest BCUT2D eigenvalue weighted by Crippen LogP contribution is 2.20. The number of amides is 1. The first-order valence-corrected chi connectivity index (χ1v) is 8.33. The number of nitrogens with one attached hydrogen (secondary N) is 2. The van der Waals surface area contributed by atoms with Gasteiger partial charge in [0, 0.05) is 12.6 Å². The third kappa shape index (κ3) is 4.44. The molecular weight excluding hydrogens is 304 g/mol. The van der Waals surface area contributed by atoms with Crippen LogP contribution in [0.1, 0.15) is 48.4 Å². The minimum Gasteiger partial charge on any atom is -0.383 e. The van der Waals surface area contributed by atoms with Crippen LogP contribution in [0.5, 0.6) is 0 Å². The fourth-order valence-corrected chi connectivity index (χ4v) is 2.74. The second kappa shape index (κ2) is 7.77. The Balaban J connectivity index is 1.49. The fourth-order valence-electron chi connectivity index (χ4n) is 2.74. The van der Waals surface area contributed by atoms with Crippen LogP contribution >= 0.6 is 0 Å². The average molecular weight is 326 g/mol. The van der Waals surface area contributed by atoms with Gasteiger partial charge in [0.05, 0.1) is 11.9 Å². The molecule has 2 aromatic rings. The number of carbonyl (C=O) groups is 1. The smallest absolute Gasteiger partial charge is 0.275 e. The molecule has 0 saturated carbocycles. The van der Waals surface area contributed by atoms with Crippen LogP contribution < -0.4 is 10.6 Å². The van der Waals surface area contributed by atoms with Gasteiger partial charge in [-0.25, -0.2) is 4.98 Å². The number of anilines is 2. The van der Waals surface area contributed by atoms with E-state index in [0.29, 0.717) is 17.3 Å². The van der Waals surface area contributed by atoms with E-state index in [-0.39, 0.29) is 5.91 Å². The molecule has 0 atom stereocenters. The normalized spacial score (nSPS) is 14.1. The SMILES string of the molecule is Cc1cc(NC(=O)c2ccc(NCCC3=CCCCC3)cn2)no1. The third-order valence-electron chi connectivity index (χ3n) is 4.03. The number of rotatable bonds is 6. The number of aromatic nitrogens is 2. The summed E-state index contributed by atoms with van der Waals surface area (Å²) in [4.78, 5) is 16.3. The summed E-state index contributed by atoms with van der Waals surface area (Å²) in [6, 6.07) is 5.23. The molecule has 2 N–H and O–H groups in total. The van der Waals surface area contributed by atoms with Crippen molar-refractivity contribution in [2.75, 3.05) is 17.2 Å². The maximum atomic E-state index is 12.1. The number of hydrogen-bond donors (Lipinski definition) is 2.